The van der Waals surface area contributed by atoms with Gasteiger partial charge in [0.15, 0.2) is 6.29 Å². The number of hydrogen-bond acceptors (Lipinski definition) is 8. The van der Waals surface area contributed by atoms with Crippen LogP contribution in [0.5, 0.6) is 0 Å². The van der Waals surface area contributed by atoms with Crippen LogP contribution in [0.1, 0.15) is 220 Å². The molecule has 1 saturated heterocycles. The Morgan fingerprint density at radius 3 is 1.55 bits per heavy atom. The standard InChI is InChI=1S/C47H91NO8/c1-4-5-6-7-8-9-10-11-12-13-14-15-16-17-21-24-27-30-33-36-43(51)48-40(38-55-47-46(54)45(53)44(52)42(37-49)56-47)41(50)35-32-29-26-23-20-18-19-22-25-28-31-34-39(2)3/h32,35,39-42,44-47,49-50,52-54H,4-31,33-34,36-38H2,1-3H3,(H,48,51)/b35-32+/t40-,41+,42+,44+,45-,46+,47+/m0/s1. The van der Waals surface area contributed by atoms with Crippen molar-refractivity contribution in [2.45, 2.75) is 263 Å². The van der Waals surface area contributed by atoms with Gasteiger partial charge < -0.3 is 40.3 Å². The van der Waals surface area contributed by atoms with Gasteiger partial charge in [0.05, 0.1) is 25.4 Å². The third-order valence-electron chi connectivity index (χ3n) is 11.5. The predicted octanol–water partition coefficient (Wildman–Crippen LogP) is 9.97. The van der Waals surface area contributed by atoms with Crippen LogP contribution >= 0.6 is 0 Å². The molecule has 1 aliphatic heterocycles. The first-order valence-corrected chi connectivity index (χ1v) is 23.8. The molecule has 6 N–H and O–H groups in total. The number of hydrogen-bond donors (Lipinski definition) is 6. The number of carbonyl (C=O) groups is 1. The second kappa shape index (κ2) is 37.0. The van der Waals surface area contributed by atoms with Crippen molar-refractivity contribution in [2.24, 2.45) is 5.92 Å². The zero-order chi connectivity index (χ0) is 41.1. The number of ether oxygens (including phenoxy) is 2. The number of rotatable bonds is 39. The van der Waals surface area contributed by atoms with Crippen molar-refractivity contribution in [1.29, 1.82) is 0 Å². The van der Waals surface area contributed by atoms with E-state index in [4.69, 9.17) is 9.47 Å². The highest BCUT2D eigenvalue weighted by Crippen LogP contribution is 2.23. The first-order chi connectivity index (χ1) is 27.2. The fraction of sp³-hybridized carbons (Fsp3) is 0.936. The van der Waals surface area contributed by atoms with Crippen molar-refractivity contribution in [3.63, 3.8) is 0 Å². The molecule has 0 spiro atoms. The van der Waals surface area contributed by atoms with Gasteiger partial charge in [0.1, 0.15) is 24.4 Å². The van der Waals surface area contributed by atoms with E-state index in [0.717, 1.165) is 44.4 Å². The Morgan fingerprint density at radius 1 is 0.643 bits per heavy atom. The second-order valence-electron chi connectivity index (χ2n) is 17.4. The van der Waals surface area contributed by atoms with Crippen LogP contribution in [0.2, 0.25) is 0 Å². The Labute approximate surface area is 344 Å². The molecule has 0 aromatic heterocycles. The Balaban J connectivity index is 2.31. The summed E-state index contributed by atoms with van der Waals surface area (Å²) in [5, 5.41) is 54.2. The molecule has 0 radical (unpaired) electrons. The van der Waals surface area contributed by atoms with E-state index >= 15 is 0 Å². The molecule has 9 nitrogen and oxygen atoms in total. The molecule has 0 saturated carbocycles. The molecule has 332 valence electrons. The maximum Gasteiger partial charge on any atom is 0.220 e. The number of carbonyl (C=O) groups excluding carboxylic acids is 1. The summed E-state index contributed by atoms with van der Waals surface area (Å²) in [6, 6.07) is -0.799. The lowest BCUT2D eigenvalue weighted by Crippen LogP contribution is -2.60. The molecule has 0 aromatic carbocycles. The summed E-state index contributed by atoms with van der Waals surface area (Å²) in [4.78, 5) is 13.0. The topological polar surface area (TPSA) is 149 Å². The number of amides is 1. The van der Waals surface area contributed by atoms with Gasteiger partial charge in [0, 0.05) is 6.42 Å². The summed E-state index contributed by atoms with van der Waals surface area (Å²) in [6.07, 6.45) is 34.0. The summed E-state index contributed by atoms with van der Waals surface area (Å²) < 4.78 is 11.2. The third kappa shape index (κ3) is 28.4. The van der Waals surface area contributed by atoms with Gasteiger partial charge in [-0.25, -0.2) is 0 Å². The maximum atomic E-state index is 13.0. The Kier molecular flexibility index (Phi) is 35.0. The smallest absolute Gasteiger partial charge is 0.220 e. The number of aliphatic hydroxyl groups is 5. The highest BCUT2D eigenvalue weighted by molar-refractivity contribution is 5.76. The van der Waals surface area contributed by atoms with Crippen molar-refractivity contribution in [3.8, 4) is 0 Å². The lowest BCUT2D eigenvalue weighted by molar-refractivity contribution is -0.302. The first-order valence-electron chi connectivity index (χ1n) is 23.8. The van der Waals surface area contributed by atoms with Crippen molar-refractivity contribution in [2.75, 3.05) is 13.2 Å². The van der Waals surface area contributed by atoms with Crippen LogP contribution in [0.4, 0.5) is 0 Å². The second-order valence-corrected chi connectivity index (χ2v) is 17.4. The van der Waals surface area contributed by atoms with E-state index < -0.39 is 49.5 Å². The van der Waals surface area contributed by atoms with Crippen LogP contribution in [0, 0.1) is 5.92 Å². The third-order valence-corrected chi connectivity index (χ3v) is 11.5. The highest BCUT2D eigenvalue weighted by atomic mass is 16.7. The SMILES string of the molecule is CCCCCCCCCCCCCCCCCCCCCC(=O)N[C@@H](CO[C@@H]1O[C@H](CO)[C@@H](O)[C@H](O)[C@H]1O)[C@H](O)/C=C/CCCCCCCCCCCC(C)C. The van der Waals surface area contributed by atoms with Crippen LogP contribution in [-0.4, -0.2) is 87.5 Å². The van der Waals surface area contributed by atoms with Gasteiger partial charge in [-0.1, -0.05) is 206 Å². The van der Waals surface area contributed by atoms with E-state index in [1.54, 1.807) is 6.08 Å². The molecule has 7 atom stereocenters. The molecular weight excluding hydrogens is 707 g/mol. The number of aliphatic hydroxyl groups excluding tert-OH is 5. The minimum Gasteiger partial charge on any atom is -0.394 e. The van der Waals surface area contributed by atoms with E-state index in [0.29, 0.717) is 6.42 Å². The molecule has 1 aliphatic rings. The van der Waals surface area contributed by atoms with Gasteiger partial charge in [-0.3, -0.25) is 4.79 Å². The zero-order valence-corrected chi connectivity index (χ0v) is 36.6. The molecule has 0 unspecified atom stereocenters. The normalized spacial score (nSPS) is 21.3. The van der Waals surface area contributed by atoms with Gasteiger partial charge in [0.25, 0.3) is 0 Å². The summed E-state index contributed by atoms with van der Waals surface area (Å²) in [5.41, 5.74) is 0. The molecule has 1 fully saturated rings. The molecule has 56 heavy (non-hydrogen) atoms. The van der Waals surface area contributed by atoms with Crippen LogP contribution < -0.4 is 5.32 Å². The van der Waals surface area contributed by atoms with Gasteiger partial charge in [-0.15, -0.1) is 0 Å². The number of allylic oxidation sites excluding steroid dienone is 1. The Bertz CT molecular complexity index is 901. The van der Waals surface area contributed by atoms with E-state index in [-0.39, 0.29) is 12.5 Å². The van der Waals surface area contributed by atoms with Gasteiger partial charge in [-0.2, -0.15) is 0 Å². The lowest BCUT2D eigenvalue weighted by atomic mass is 9.99. The van der Waals surface area contributed by atoms with Crippen molar-refractivity contribution in [3.05, 3.63) is 12.2 Å². The van der Waals surface area contributed by atoms with E-state index in [1.807, 2.05) is 6.08 Å². The zero-order valence-electron chi connectivity index (χ0n) is 36.6. The average Bonchev–Trinajstić information content (AvgIpc) is 3.18. The van der Waals surface area contributed by atoms with Crippen molar-refractivity contribution < 1.29 is 39.8 Å². The average molecular weight is 798 g/mol. The molecule has 9 heteroatoms. The van der Waals surface area contributed by atoms with Gasteiger partial charge in [0.2, 0.25) is 5.91 Å². The summed E-state index contributed by atoms with van der Waals surface area (Å²) in [7, 11) is 0. The van der Waals surface area contributed by atoms with Crippen LogP contribution in [0.3, 0.4) is 0 Å². The lowest BCUT2D eigenvalue weighted by Gasteiger charge is -2.40. The fourth-order valence-electron chi connectivity index (χ4n) is 7.69. The molecule has 0 bridgehead atoms. The number of nitrogens with one attached hydrogen (secondary N) is 1. The van der Waals surface area contributed by atoms with Gasteiger partial charge >= 0.3 is 0 Å². The van der Waals surface area contributed by atoms with Crippen molar-refractivity contribution in [1.82, 2.24) is 5.32 Å². The maximum absolute atomic E-state index is 13.0. The first kappa shape index (κ1) is 52.9. The quantitative estimate of drug-likeness (QED) is 0.0266. The van der Waals surface area contributed by atoms with Crippen LogP contribution in [-0.2, 0) is 14.3 Å². The summed E-state index contributed by atoms with van der Waals surface area (Å²) >= 11 is 0. The number of unbranched alkanes of at least 4 members (excludes halogenated alkanes) is 27. The minimum atomic E-state index is -1.56. The van der Waals surface area contributed by atoms with Crippen LogP contribution in [0.25, 0.3) is 0 Å². The monoisotopic (exact) mass is 798 g/mol. The molecule has 1 amide bonds. The fourth-order valence-corrected chi connectivity index (χ4v) is 7.69. The summed E-state index contributed by atoms with van der Waals surface area (Å²) in [6.45, 7) is 6.11. The van der Waals surface area contributed by atoms with Gasteiger partial charge in [-0.05, 0) is 25.2 Å². The molecule has 1 heterocycles. The molecule has 1 rings (SSSR count). The van der Waals surface area contributed by atoms with Crippen LogP contribution in [0.15, 0.2) is 12.2 Å². The summed E-state index contributed by atoms with van der Waals surface area (Å²) in [5.74, 6) is 0.629. The van der Waals surface area contributed by atoms with E-state index in [1.165, 1.54) is 154 Å². The Hall–Kier alpha value is -1.07. The molecule has 0 aromatic rings. The highest BCUT2D eigenvalue weighted by Gasteiger charge is 2.44. The minimum absolute atomic E-state index is 0.174. The Morgan fingerprint density at radius 2 is 1.09 bits per heavy atom. The predicted molar refractivity (Wildman–Crippen MR) is 230 cm³/mol. The van der Waals surface area contributed by atoms with E-state index in [9.17, 15) is 30.3 Å². The molecule has 0 aliphatic carbocycles. The van der Waals surface area contributed by atoms with E-state index in [2.05, 4.69) is 26.1 Å². The van der Waals surface area contributed by atoms with Crippen molar-refractivity contribution >= 4 is 5.91 Å². The molecular formula is C47H91NO8. The largest absolute Gasteiger partial charge is 0.394 e.